The topological polar surface area (TPSA) is 39.9 Å². The molecular weight excluding hydrogens is 322 g/mol. The summed E-state index contributed by atoms with van der Waals surface area (Å²) in [4.78, 5) is 4.80. The molecule has 1 aliphatic heterocycles. The summed E-state index contributed by atoms with van der Waals surface area (Å²) in [6.45, 7) is 0.888. The first-order chi connectivity index (χ1) is 12.7. The monoisotopic (exact) mass is 353 g/mol. The van der Waals surface area contributed by atoms with Crippen LogP contribution in [0.2, 0.25) is 0 Å². The van der Waals surface area contributed by atoms with Crippen LogP contribution in [0.1, 0.15) is 69.0 Å². The molecule has 0 N–H and O–H groups in total. The third-order valence-corrected chi connectivity index (χ3v) is 6.50. The van der Waals surface area contributed by atoms with Gasteiger partial charge in [0.15, 0.2) is 0 Å². The average molecular weight is 354 g/mol. The lowest BCUT2D eigenvalue weighted by Crippen LogP contribution is -2.46. The molecule has 2 aliphatic rings. The number of hydrogen-bond acceptors (Lipinski definition) is 3. The van der Waals surface area contributed by atoms with Gasteiger partial charge in [-0.25, -0.2) is 0 Å². The van der Waals surface area contributed by atoms with E-state index >= 15 is 0 Å². The van der Waals surface area contributed by atoms with E-state index in [1.165, 1.54) is 56.2 Å². The zero-order valence-electron chi connectivity index (χ0n) is 16.0. The molecular formula is C22H31N3O. The van der Waals surface area contributed by atoms with E-state index < -0.39 is 0 Å². The molecule has 0 radical (unpaired) electrons. The Morgan fingerprint density at radius 3 is 2.77 bits per heavy atom. The van der Waals surface area contributed by atoms with Crippen molar-refractivity contribution in [2.75, 3.05) is 6.61 Å². The zero-order chi connectivity index (χ0) is 17.9. The average Bonchev–Trinajstić information content (AvgIpc) is 3.29. The van der Waals surface area contributed by atoms with Crippen LogP contribution in [0.5, 0.6) is 0 Å². The van der Waals surface area contributed by atoms with E-state index in [-0.39, 0.29) is 11.0 Å². The first kappa shape index (κ1) is 17.7. The first-order valence-electron chi connectivity index (χ1n) is 10.2. The van der Waals surface area contributed by atoms with Crippen LogP contribution in [-0.2, 0) is 23.6 Å². The van der Waals surface area contributed by atoms with Crippen LogP contribution in [0.4, 0.5) is 0 Å². The lowest BCUT2D eigenvalue weighted by atomic mass is 9.67. The predicted molar refractivity (Wildman–Crippen MR) is 103 cm³/mol. The Hall–Kier alpha value is -1.68. The second kappa shape index (κ2) is 7.51. The van der Waals surface area contributed by atoms with Gasteiger partial charge in [0, 0.05) is 37.2 Å². The lowest BCUT2D eigenvalue weighted by molar-refractivity contribution is -0.104. The van der Waals surface area contributed by atoms with Crippen LogP contribution in [0.3, 0.4) is 0 Å². The number of ether oxygens (including phenoxy) is 1. The molecule has 1 saturated carbocycles. The molecule has 0 amide bonds. The molecule has 0 unspecified atom stereocenters. The maximum atomic E-state index is 6.34. The van der Waals surface area contributed by atoms with E-state index in [4.69, 9.17) is 9.72 Å². The van der Waals surface area contributed by atoms with Gasteiger partial charge < -0.3 is 4.74 Å². The minimum atomic E-state index is 0.124. The van der Waals surface area contributed by atoms with Crippen molar-refractivity contribution in [1.29, 1.82) is 0 Å². The highest BCUT2D eigenvalue weighted by atomic mass is 16.5. The van der Waals surface area contributed by atoms with Gasteiger partial charge in [0.25, 0.3) is 0 Å². The molecule has 1 spiro atoms. The molecule has 1 saturated heterocycles. The second-order valence-electron chi connectivity index (χ2n) is 8.39. The maximum Gasteiger partial charge on any atom is 0.0691 e. The molecule has 1 atom stereocenters. The van der Waals surface area contributed by atoms with Gasteiger partial charge in [-0.2, -0.15) is 5.10 Å². The normalized spacial score (nSPS) is 25.0. The summed E-state index contributed by atoms with van der Waals surface area (Å²) < 4.78 is 8.24. The standard InChI is InChI=1S/C22H31N3O/c1-25-17-19(16-24-25)8-2-4-10-21(20-9-3-7-14-23-20)13-15-26-22(18-21)11-5-6-12-22/h3,7,9,14,16-17H,2,4-6,8,10-13,15,18H2,1H3/t21-/m1/s1. The van der Waals surface area contributed by atoms with Crippen molar-refractivity contribution in [1.82, 2.24) is 14.8 Å². The van der Waals surface area contributed by atoms with Gasteiger partial charge in [0.2, 0.25) is 0 Å². The van der Waals surface area contributed by atoms with Crippen molar-refractivity contribution in [3.8, 4) is 0 Å². The lowest BCUT2D eigenvalue weighted by Gasteiger charge is -2.46. The Labute approximate surface area is 157 Å². The summed E-state index contributed by atoms with van der Waals surface area (Å²) in [6, 6.07) is 6.43. The largest absolute Gasteiger partial charge is 0.375 e. The Kier molecular flexibility index (Phi) is 5.12. The van der Waals surface area contributed by atoms with Crippen LogP contribution < -0.4 is 0 Å². The van der Waals surface area contributed by atoms with E-state index in [1.54, 1.807) is 0 Å². The summed E-state index contributed by atoms with van der Waals surface area (Å²) in [6.07, 6.45) is 18.3. The minimum Gasteiger partial charge on any atom is -0.375 e. The smallest absolute Gasteiger partial charge is 0.0691 e. The number of pyridine rings is 1. The molecule has 2 aromatic rings. The van der Waals surface area contributed by atoms with Gasteiger partial charge in [0.1, 0.15) is 0 Å². The van der Waals surface area contributed by atoms with E-state index in [0.29, 0.717) is 0 Å². The predicted octanol–water partition coefficient (Wildman–Crippen LogP) is 4.59. The van der Waals surface area contributed by atoms with Crippen LogP contribution >= 0.6 is 0 Å². The summed E-state index contributed by atoms with van der Waals surface area (Å²) in [5, 5.41) is 4.28. The minimum absolute atomic E-state index is 0.124. The number of nitrogens with zero attached hydrogens (tertiary/aromatic N) is 3. The number of aromatic nitrogens is 3. The summed E-state index contributed by atoms with van der Waals surface area (Å²) in [5.41, 5.74) is 2.95. The molecule has 1 aliphatic carbocycles. The number of rotatable bonds is 6. The number of unbranched alkanes of at least 4 members (excludes halogenated alkanes) is 1. The molecule has 3 heterocycles. The van der Waals surface area contributed by atoms with Crippen LogP contribution in [-0.4, -0.2) is 27.0 Å². The molecule has 4 nitrogen and oxygen atoms in total. The van der Waals surface area contributed by atoms with Crippen molar-refractivity contribution in [3.05, 3.63) is 48.0 Å². The van der Waals surface area contributed by atoms with Crippen molar-refractivity contribution >= 4 is 0 Å². The van der Waals surface area contributed by atoms with E-state index in [1.807, 2.05) is 30.2 Å². The second-order valence-corrected chi connectivity index (χ2v) is 8.39. The highest BCUT2D eigenvalue weighted by Gasteiger charge is 2.48. The van der Waals surface area contributed by atoms with Gasteiger partial charge >= 0.3 is 0 Å². The SMILES string of the molecule is Cn1cc(CCCC[C@@]2(c3ccccn3)CCOC3(CCCC3)C2)cn1. The van der Waals surface area contributed by atoms with Crippen molar-refractivity contribution in [2.24, 2.45) is 7.05 Å². The quantitative estimate of drug-likeness (QED) is 0.713. The Morgan fingerprint density at radius 2 is 2.04 bits per heavy atom. The molecule has 4 heteroatoms. The fourth-order valence-corrected chi connectivity index (χ4v) is 5.19. The van der Waals surface area contributed by atoms with Crippen molar-refractivity contribution < 1.29 is 4.74 Å². The highest BCUT2D eigenvalue weighted by Crippen LogP contribution is 2.50. The molecule has 26 heavy (non-hydrogen) atoms. The molecule has 4 rings (SSSR count). The van der Waals surface area contributed by atoms with Crippen molar-refractivity contribution in [2.45, 2.75) is 75.2 Å². The summed E-state index contributed by atoms with van der Waals surface area (Å²) >= 11 is 0. The number of hydrogen-bond donors (Lipinski definition) is 0. The van der Waals surface area contributed by atoms with E-state index in [9.17, 15) is 0 Å². The Morgan fingerprint density at radius 1 is 1.15 bits per heavy atom. The van der Waals surface area contributed by atoms with Gasteiger partial charge in [-0.15, -0.1) is 0 Å². The van der Waals surface area contributed by atoms with Gasteiger partial charge in [-0.1, -0.05) is 25.3 Å². The van der Waals surface area contributed by atoms with Gasteiger partial charge in [-0.05, 0) is 62.6 Å². The Bertz CT molecular complexity index is 705. The fraction of sp³-hybridized carbons (Fsp3) is 0.636. The summed E-state index contributed by atoms with van der Waals surface area (Å²) in [5.74, 6) is 0. The van der Waals surface area contributed by atoms with E-state index in [2.05, 4.69) is 23.4 Å². The van der Waals surface area contributed by atoms with Gasteiger partial charge in [-0.3, -0.25) is 9.67 Å². The van der Waals surface area contributed by atoms with Gasteiger partial charge in [0.05, 0.1) is 11.8 Å². The molecule has 0 aromatic carbocycles. The number of aryl methyl sites for hydroxylation is 2. The Balaban J connectivity index is 1.46. The molecule has 140 valence electrons. The maximum absolute atomic E-state index is 6.34. The van der Waals surface area contributed by atoms with Crippen molar-refractivity contribution in [3.63, 3.8) is 0 Å². The first-order valence-corrected chi connectivity index (χ1v) is 10.2. The summed E-state index contributed by atoms with van der Waals surface area (Å²) in [7, 11) is 1.99. The molecule has 2 aromatic heterocycles. The molecule has 2 fully saturated rings. The van der Waals surface area contributed by atoms with Crippen LogP contribution in [0, 0.1) is 0 Å². The molecule has 0 bridgehead atoms. The third-order valence-electron chi connectivity index (χ3n) is 6.50. The fourth-order valence-electron chi connectivity index (χ4n) is 5.19. The third kappa shape index (κ3) is 3.71. The highest BCUT2D eigenvalue weighted by molar-refractivity contribution is 5.20. The zero-order valence-corrected chi connectivity index (χ0v) is 16.0. The van der Waals surface area contributed by atoms with Crippen LogP contribution in [0.25, 0.3) is 0 Å². The van der Waals surface area contributed by atoms with E-state index in [0.717, 1.165) is 25.9 Å². The van der Waals surface area contributed by atoms with Crippen LogP contribution in [0.15, 0.2) is 36.8 Å².